The van der Waals surface area contributed by atoms with Crippen molar-refractivity contribution in [2.24, 2.45) is 5.92 Å². The van der Waals surface area contributed by atoms with Crippen LogP contribution in [-0.4, -0.2) is 47.4 Å². The summed E-state index contributed by atoms with van der Waals surface area (Å²) in [6.07, 6.45) is 3.21. The van der Waals surface area contributed by atoms with E-state index in [0.717, 1.165) is 24.2 Å². The number of hydrogen-bond donors (Lipinski definition) is 2. The third-order valence-corrected chi connectivity index (χ3v) is 5.92. The number of amides is 4. The molecule has 1 heterocycles. The van der Waals surface area contributed by atoms with E-state index < -0.39 is 42.5 Å². The highest BCUT2D eigenvalue weighted by atomic mass is 35.5. The minimum absolute atomic E-state index is 0.0121. The number of benzene rings is 1. The molecule has 1 aromatic rings. The number of ether oxygens (including phenoxy) is 1. The Morgan fingerprint density at radius 2 is 2.07 bits per heavy atom. The largest absolute Gasteiger partial charge is 0.454 e. The highest BCUT2D eigenvalue weighted by molar-refractivity contribution is 6.35. The van der Waals surface area contributed by atoms with Gasteiger partial charge in [-0.25, -0.2) is 4.79 Å². The van der Waals surface area contributed by atoms with Crippen LogP contribution in [0.1, 0.15) is 32.6 Å². The molecule has 2 fully saturated rings. The second-order valence-corrected chi connectivity index (χ2v) is 8.12. The van der Waals surface area contributed by atoms with Crippen LogP contribution in [0.2, 0.25) is 10.0 Å². The molecule has 10 heteroatoms. The quantitative estimate of drug-likeness (QED) is 0.539. The molecule has 4 amide bonds. The summed E-state index contributed by atoms with van der Waals surface area (Å²) < 4.78 is 4.91. The molecule has 1 saturated carbocycles. The fraction of sp³-hybridized carbons (Fsp3) is 0.474. The Bertz CT molecular complexity index is 862. The maximum atomic E-state index is 12.8. The second-order valence-electron chi connectivity index (χ2n) is 7.27. The van der Waals surface area contributed by atoms with E-state index >= 15 is 0 Å². The van der Waals surface area contributed by atoms with Crippen LogP contribution >= 0.6 is 23.2 Å². The Labute approximate surface area is 177 Å². The molecule has 8 nitrogen and oxygen atoms in total. The summed E-state index contributed by atoms with van der Waals surface area (Å²) >= 11 is 11.8. The Morgan fingerprint density at radius 3 is 2.79 bits per heavy atom. The van der Waals surface area contributed by atoms with Crippen molar-refractivity contribution in [3.8, 4) is 0 Å². The first-order chi connectivity index (χ1) is 13.7. The van der Waals surface area contributed by atoms with Crippen LogP contribution in [0.25, 0.3) is 0 Å². The van der Waals surface area contributed by atoms with E-state index in [1.54, 1.807) is 6.07 Å². The summed E-state index contributed by atoms with van der Waals surface area (Å²) in [6, 6.07) is 3.93. The standard InChI is InChI=1S/C19H21Cl2N3O5/c1-11-4-2-3-7-19(11)17(27)24(18(28)23-19)9-16(26)29-10-15(25)22-14-8-12(20)5-6-13(14)21/h5-6,8,11H,2-4,7,9-10H2,1H3,(H,22,25)(H,23,28). The Morgan fingerprint density at radius 1 is 1.31 bits per heavy atom. The zero-order valence-electron chi connectivity index (χ0n) is 15.8. The van der Waals surface area contributed by atoms with Crippen LogP contribution in [0.5, 0.6) is 0 Å². The summed E-state index contributed by atoms with van der Waals surface area (Å²) in [5, 5.41) is 5.89. The van der Waals surface area contributed by atoms with E-state index in [1.807, 2.05) is 6.92 Å². The molecule has 0 radical (unpaired) electrons. The Kier molecular flexibility index (Phi) is 6.33. The van der Waals surface area contributed by atoms with Crippen molar-refractivity contribution in [3.63, 3.8) is 0 Å². The van der Waals surface area contributed by atoms with E-state index in [0.29, 0.717) is 11.4 Å². The summed E-state index contributed by atoms with van der Waals surface area (Å²) in [4.78, 5) is 50.0. The number of nitrogens with one attached hydrogen (secondary N) is 2. The molecule has 1 aromatic carbocycles. The van der Waals surface area contributed by atoms with Gasteiger partial charge in [0, 0.05) is 5.02 Å². The van der Waals surface area contributed by atoms with E-state index in [9.17, 15) is 19.2 Å². The zero-order chi connectivity index (χ0) is 21.2. The molecule has 2 aliphatic rings. The minimum Gasteiger partial charge on any atom is -0.454 e. The van der Waals surface area contributed by atoms with Crippen molar-refractivity contribution in [1.29, 1.82) is 0 Å². The maximum absolute atomic E-state index is 12.8. The number of nitrogens with zero attached hydrogens (tertiary/aromatic N) is 1. The molecule has 2 atom stereocenters. The monoisotopic (exact) mass is 441 g/mol. The van der Waals surface area contributed by atoms with Gasteiger partial charge in [-0.15, -0.1) is 0 Å². The van der Waals surface area contributed by atoms with Gasteiger partial charge in [-0.05, 0) is 37.0 Å². The lowest BCUT2D eigenvalue weighted by Gasteiger charge is -2.36. The number of hydrogen-bond acceptors (Lipinski definition) is 5. The topological polar surface area (TPSA) is 105 Å². The van der Waals surface area contributed by atoms with Gasteiger partial charge in [0.15, 0.2) is 6.61 Å². The predicted octanol–water partition coefficient (Wildman–Crippen LogP) is 2.98. The molecule has 1 aliphatic heterocycles. The first-order valence-electron chi connectivity index (χ1n) is 9.27. The average Bonchev–Trinajstić information content (AvgIpc) is 2.90. The van der Waals surface area contributed by atoms with Crippen LogP contribution in [-0.2, 0) is 19.1 Å². The maximum Gasteiger partial charge on any atom is 0.326 e. The van der Waals surface area contributed by atoms with Gasteiger partial charge in [-0.3, -0.25) is 19.3 Å². The van der Waals surface area contributed by atoms with Gasteiger partial charge in [0.05, 0.1) is 10.7 Å². The van der Waals surface area contributed by atoms with E-state index in [1.165, 1.54) is 12.1 Å². The van der Waals surface area contributed by atoms with Crippen LogP contribution in [0.3, 0.4) is 0 Å². The lowest BCUT2D eigenvalue weighted by molar-refractivity contribution is -0.150. The van der Waals surface area contributed by atoms with Crippen LogP contribution in [0.4, 0.5) is 10.5 Å². The van der Waals surface area contributed by atoms with Crippen LogP contribution in [0, 0.1) is 5.92 Å². The van der Waals surface area contributed by atoms with E-state index in [2.05, 4.69) is 10.6 Å². The third-order valence-electron chi connectivity index (χ3n) is 5.36. The van der Waals surface area contributed by atoms with Crippen molar-refractivity contribution >= 4 is 52.7 Å². The van der Waals surface area contributed by atoms with E-state index in [-0.39, 0.29) is 16.6 Å². The highest BCUT2D eigenvalue weighted by Crippen LogP contribution is 2.38. The molecule has 2 N–H and O–H groups in total. The molecule has 1 spiro atoms. The van der Waals surface area contributed by atoms with Crippen molar-refractivity contribution in [2.45, 2.75) is 38.1 Å². The second kappa shape index (κ2) is 8.59. The van der Waals surface area contributed by atoms with Gasteiger partial charge in [0.1, 0.15) is 12.1 Å². The fourth-order valence-electron chi connectivity index (χ4n) is 3.74. The Balaban J connectivity index is 1.54. The minimum atomic E-state index is -0.948. The third kappa shape index (κ3) is 4.48. The first kappa shape index (κ1) is 21.4. The number of anilines is 1. The van der Waals surface area contributed by atoms with Gasteiger partial charge in [0.25, 0.3) is 11.8 Å². The number of rotatable bonds is 5. The van der Waals surface area contributed by atoms with Crippen LogP contribution < -0.4 is 10.6 Å². The number of carbonyl (C=O) groups is 4. The number of esters is 1. The first-order valence-corrected chi connectivity index (χ1v) is 10.0. The molecule has 0 bridgehead atoms. The molecule has 0 aromatic heterocycles. The summed E-state index contributed by atoms with van der Waals surface area (Å²) in [6.45, 7) is 0.779. The molecule has 1 aliphatic carbocycles. The number of urea groups is 1. The van der Waals surface area contributed by atoms with Crippen molar-refractivity contribution in [3.05, 3.63) is 28.2 Å². The van der Waals surface area contributed by atoms with Gasteiger partial charge >= 0.3 is 12.0 Å². The van der Waals surface area contributed by atoms with Gasteiger partial charge in [0.2, 0.25) is 0 Å². The lowest BCUT2D eigenvalue weighted by Crippen LogP contribution is -2.54. The number of halogens is 2. The van der Waals surface area contributed by atoms with Gasteiger partial charge in [-0.1, -0.05) is 43.0 Å². The lowest BCUT2D eigenvalue weighted by atomic mass is 9.73. The van der Waals surface area contributed by atoms with Gasteiger partial charge < -0.3 is 15.4 Å². The van der Waals surface area contributed by atoms with Crippen molar-refractivity contribution < 1.29 is 23.9 Å². The number of imide groups is 1. The Hall–Kier alpha value is -2.32. The average molecular weight is 442 g/mol. The van der Waals surface area contributed by atoms with E-state index in [4.69, 9.17) is 27.9 Å². The number of carbonyl (C=O) groups excluding carboxylic acids is 4. The summed E-state index contributed by atoms with van der Waals surface area (Å²) in [7, 11) is 0. The molecular weight excluding hydrogens is 421 g/mol. The molecular formula is C19H21Cl2N3O5. The van der Waals surface area contributed by atoms with Crippen molar-refractivity contribution in [2.75, 3.05) is 18.5 Å². The van der Waals surface area contributed by atoms with Crippen LogP contribution in [0.15, 0.2) is 18.2 Å². The highest BCUT2D eigenvalue weighted by Gasteiger charge is 2.55. The molecule has 3 rings (SSSR count). The summed E-state index contributed by atoms with van der Waals surface area (Å²) in [5.74, 6) is -1.91. The fourth-order valence-corrected chi connectivity index (χ4v) is 4.08. The molecule has 156 valence electrons. The predicted molar refractivity (Wildman–Crippen MR) is 107 cm³/mol. The molecule has 2 unspecified atom stereocenters. The summed E-state index contributed by atoms with van der Waals surface area (Å²) in [5.41, 5.74) is -0.668. The normalized spacial score (nSPS) is 23.8. The van der Waals surface area contributed by atoms with Gasteiger partial charge in [-0.2, -0.15) is 0 Å². The van der Waals surface area contributed by atoms with Crippen molar-refractivity contribution in [1.82, 2.24) is 10.2 Å². The SMILES string of the molecule is CC1CCCCC12NC(=O)N(CC(=O)OCC(=O)Nc1cc(Cl)ccc1Cl)C2=O. The molecule has 1 saturated heterocycles. The zero-order valence-corrected chi connectivity index (χ0v) is 17.3. The smallest absolute Gasteiger partial charge is 0.326 e. The molecule has 29 heavy (non-hydrogen) atoms.